The maximum Gasteiger partial charge on any atom is 0.128 e. The molecule has 0 radical (unpaired) electrons. The van der Waals surface area contributed by atoms with Crippen LogP contribution in [0.4, 0.5) is 11.4 Å². The third kappa shape index (κ3) is 5.39. The van der Waals surface area contributed by atoms with Crippen LogP contribution in [-0.4, -0.2) is 56.3 Å². The van der Waals surface area contributed by atoms with Crippen molar-refractivity contribution >= 4 is 52.4 Å². The lowest BCUT2D eigenvalue weighted by Gasteiger charge is -2.40. The summed E-state index contributed by atoms with van der Waals surface area (Å²) in [5.74, 6) is 0.966. The average molecular weight is 548 g/mol. The van der Waals surface area contributed by atoms with Crippen molar-refractivity contribution in [1.82, 2.24) is 4.67 Å². The van der Waals surface area contributed by atoms with Gasteiger partial charge in [0, 0.05) is 43.2 Å². The third-order valence-corrected chi connectivity index (χ3v) is 10.9. The van der Waals surface area contributed by atoms with Gasteiger partial charge in [0.25, 0.3) is 0 Å². The van der Waals surface area contributed by atoms with Crippen molar-refractivity contribution in [3.05, 3.63) is 70.7 Å². The number of phenols is 1. The van der Waals surface area contributed by atoms with Gasteiger partial charge in [-0.05, 0) is 68.4 Å². The fourth-order valence-corrected chi connectivity index (χ4v) is 8.63. The van der Waals surface area contributed by atoms with Crippen molar-refractivity contribution in [1.29, 1.82) is 0 Å². The second kappa shape index (κ2) is 11.9. The molecule has 1 fully saturated rings. The molecule has 9 heteroatoms. The van der Waals surface area contributed by atoms with E-state index in [0.717, 1.165) is 40.8 Å². The van der Waals surface area contributed by atoms with Crippen molar-refractivity contribution in [2.75, 3.05) is 51.4 Å². The first-order chi connectivity index (χ1) is 17.4. The van der Waals surface area contributed by atoms with Crippen molar-refractivity contribution in [2.45, 2.75) is 13.8 Å². The van der Waals surface area contributed by atoms with Gasteiger partial charge in [-0.25, -0.2) is 4.74 Å². The zero-order valence-electron chi connectivity index (χ0n) is 20.8. The zero-order valence-corrected chi connectivity index (χ0v) is 23.2. The van der Waals surface area contributed by atoms with Crippen LogP contribution in [0.1, 0.15) is 13.8 Å². The van der Waals surface area contributed by atoms with Gasteiger partial charge in [-0.2, -0.15) is 0 Å². The Bertz CT molecular complexity index is 1240. The molecule has 0 spiro atoms. The van der Waals surface area contributed by atoms with E-state index in [2.05, 4.69) is 29.5 Å². The number of rotatable bonds is 8. The molecular weight excluding hydrogens is 516 g/mol. The molecule has 0 aromatic heterocycles. The van der Waals surface area contributed by atoms with Crippen LogP contribution in [0.2, 0.25) is 10.0 Å². The Morgan fingerprint density at radius 2 is 1.67 bits per heavy atom. The topological polar surface area (TPSA) is 57.5 Å². The number of phenolic OH excluding ortho intramolecular Hbond substituents is 1. The highest BCUT2D eigenvalue weighted by Gasteiger charge is 2.36. The second-order valence-electron chi connectivity index (χ2n) is 8.41. The smallest absolute Gasteiger partial charge is 0.128 e. The lowest BCUT2D eigenvalue weighted by Crippen LogP contribution is -2.40. The van der Waals surface area contributed by atoms with Gasteiger partial charge >= 0.3 is 0 Å². The molecule has 1 N–H and O–H groups in total. The van der Waals surface area contributed by atoms with Gasteiger partial charge in [0.1, 0.15) is 11.5 Å². The molecule has 36 heavy (non-hydrogen) atoms. The first kappa shape index (κ1) is 26.8. The number of anilines is 1. The largest absolute Gasteiger partial charge is 0.507 e. The number of hydrogen-bond donors (Lipinski definition) is 1. The minimum absolute atomic E-state index is 0.211. The number of hydrogen-bond acceptors (Lipinski definition) is 5. The zero-order chi connectivity index (χ0) is 25.7. The SMILES string of the molecule is CCN(CC)c1ccc([P@](=Nc2ccc(OC)cc2)(c2ccc(Cl)c(Cl)c2)N2CCOCC2)c(O)c1. The second-order valence-corrected chi connectivity index (χ2v) is 12.2. The lowest BCUT2D eigenvalue weighted by molar-refractivity contribution is 0.0750. The Balaban J connectivity index is 2.03. The van der Waals surface area contributed by atoms with Crippen LogP contribution in [0.25, 0.3) is 0 Å². The van der Waals surface area contributed by atoms with Crippen molar-refractivity contribution < 1.29 is 14.6 Å². The number of nitrogens with zero attached hydrogens (tertiary/aromatic N) is 3. The molecule has 0 aliphatic carbocycles. The molecule has 1 atom stereocenters. The molecule has 0 bridgehead atoms. The number of halogens is 2. The number of benzene rings is 3. The summed E-state index contributed by atoms with van der Waals surface area (Å²) in [6.07, 6.45) is 0. The van der Waals surface area contributed by atoms with Crippen LogP contribution in [0, 0.1) is 0 Å². The number of aromatic hydroxyl groups is 1. The molecular formula is C27H32Cl2N3O3P. The van der Waals surface area contributed by atoms with Crippen LogP contribution < -0.4 is 20.2 Å². The summed E-state index contributed by atoms with van der Waals surface area (Å²) in [4.78, 5) is 2.21. The molecule has 3 aromatic carbocycles. The van der Waals surface area contributed by atoms with Crippen LogP contribution >= 0.6 is 30.4 Å². The fourth-order valence-electron chi connectivity index (χ4n) is 4.53. The lowest BCUT2D eigenvalue weighted by atomic mass is 10.2. The van der Waals surface area contributed by atoms with Crippen molar-refractivity contribution in [3.63, 3.8) is 0 Å². The van der Waals surface area contributed by atoms with Gasteiger partial charge in [-0.15, -0.1) is 0 Å². The van der Waals surface area contributed by atoms with E-state index in [0.29, 0.717) is 36.3 Å². The molecule has 3 aromatic rings. The van der Waals surface area contributed by atoms with E-state index < -0.39 is 7.21 Å². The highest BCUT2D eigenvalue weighted by Crippen LogP contribution is 2.56. The number of methoxy groups -OCH3 is 1. The van der Waals surface area contributed by atoms with E-state index in [-0.39, 0.29) is 5.75 Å². The summed E-state index contributed by atoms with van der Waals surface area (Å²) in [5.41, 5.74) is 1.76. The predicted octanol–water partition coefficient (Wildman–Crippen LogP) is 6.28. The van der Waals surface area contributed by atoms with E-state index in [1.165, 1.54) is 0 Å². The van der Waals surface area contributed by atoms with E-state index in [9.17, 15) is 5.11 Å². The molecule has 0 saturated carbocycles. The summed E-state index contributed by atoms with van der Waals surface area (Å²) in [6.45, 7) is 8.42. The molecule has 192 valence electrons. The summed E-state index contributed by atoms with van der Waals surface area (Å²) in [7, 11) is -1.11. The summed E-state index contributed by atoms with van der Waals surface area (Å²) in [6, 6.07) is 19.3. The molecule has 4 rings (SSSR count). The number of ether oxygens (including phenoxy) is 2. The maximum absolute atomic E-state index is 11.5. The first-order valence-electron chi connectivity index (χ1n) is 12.1. The number of morpholine rings is 1. The molecule has 1 aliphatic heterocycles. The molecule has 1 aliphatic rings. The summed E-state index contributed by atoms with van der Waals surface area (Å²) >= 11 is 12.9. The van der Waals surface area contributed by atoms with E-state index in [1.54, 1.807) is 13.2 Å². The molecule has 1 saturated heterocycles. The van der Waals surface area contributed by atoms with E-state index in [4.69, 9.17) is 37.4 Å². The fraction of sp³-hybridized carbons (Fsp3) is 0.333. The van der Waals surface area contributed by atoms with Crippen LogP contribution in [0.5, 0.6) is 11.5 Å². The van der Waals surface area contributed by atoms with Gasteiger partial charge in [0.2, 0.25) is 0 Å². The van der Waals surface area contributed by atoms with E-state index >= 15 is 0 Å². The van der Waals surface area contributed by atoms with Crippen molar-refractivity contribution in [3.8, 4) is 11.5 Å². The Hall–Kier alpha value is -2.21. The quantitative estimate of drug-likeness (QED) is 0.336. The minimum atomic E-state index is -2.75. The van der Waals surface area contributed by atoms with Crippen molar-refractivity contribution in [2.24, 2.45) is 4.74 Å². The Morgan fingerprint density at radius 3 is 2.25 bits per heavy atom. The van der Waals surface area contributed by atoms with Crippen LogP contribution in [0.15, 0.2) is 65.4 Å². The normalized spacial score (nSPS) is 15.8. The Kier molecular flexibility index (Phi) is 8.87. The molecule has 0 unspecified atom stereocenters. The maximum atomic E-state index is 11.5. The Morgan fingerprint density at radius 1 is 0.972 bits per heavy atom. The van der Waals surface area contributed by atoms with Gasteiger partial charge < -0.3 is 19.5 Å². The predicted molar refractivity (Wildman–Crippen MR) is 152 cm³/mol. The van der Waals surface area contributed by atoms with Crippen LogP contribution in [0.3, 0.4) is 0 Å². The first-order valence-corrected chi connectivity index (χ1v) is 14.5. The van der Waals surface area contributed by atoms with E-state index in [1.807, 2.05) is 48.5 Å². The molecule has 6 nitrogen and oxygen atoms in total. The Labute approximate surface area is 223 Å². The van der Waals surface area contributed by atoms with Gasteiger partial charge in [-0.3, -0.25) is 4.67 Å². The van der Waals surface area contributed by atoms with Crippen LogP contribution in [-0.2, 0) is 4.74 Å². The minimum Gasteiger partial charge on any atom is -0.507 e. The summed E-state index contributed by atoms with van der Waals surface area (Å²) < 4.78 is 18.8. The third-order valence-electron chi connectivity index (χ3n) is 6.42. The highest BCUT2D eigenvalue weighted by atomic mass is 35.5. The van der Waals surface area contributed by atoms with Gasteiger partial charge in [-0.1, -0.05) is 23.2 Å². The molecule has 0 amide bonds. The standard InChI is InChI=1S/C27H32Cl2N3O3P/c1-4-31(5-2)21-8-13-27(26(33)18-21)36(32-14-16-35-17-15-32,23-11-12-24(28)25(29)19-23)30-20-6-9-22(34-3)10-7-20/h6-13,18-19,33H,4-5,14-17H2,1-3H3/t36-/m0/s1. The van der Waals surface area contributed by atoms with Gasteiger partial charge in [0.15, 0.2) is 0 Å². The average Bonchev–Trinajstić information content (AvgIpc) is 2.91. The highest BCUT2D eigenvalue weighted by molar-refractivity contribution is 7.79. The molecule has 1 heterocycles. The van der Waals surface area contributed by atoms with Gasteiger partial charge in [0.05, 0.1) is 48.6 Å². The monoisotopic (exact) mass is 547 g/mol. The summed E-state index contributed by atoms with van der Waals surface area (Å²) in [5, 5.41) is 14.2.